The summed E-state index contributed by atoms with van der Waals surface area (Å²) in [6.45, 7) is 10.1. The van der Waals surface area contributed by atoms with Gasteiger partial charge in [0.2, 0.25) is 5.91 Å². The van der Waals surface area contributed by atoms with Crippen LogP contribution in [-0.2, 0) is 11.2 Å². The van der Waals surface area contributed by atoms with E-state index in [-0.39, 0.29) is 18.3 Å². The standard InChI is InChI=1S/C21H26ClN3O2S2.ClH/c1-4-24(5-2)12-13-25(19(26)14-15-10-11-18(22)28-15)21-23-20-16(27-6-3)8-7-9-17(20)29-21;/h7-11H,4-6,12-14H2,1-3H3;1H. The number of thiazole rings is 1. The Morgan fingerprint density at radius 3 is 2.50 bits per heavy atom. The van der Waals surface area contributed by atoms with E-state index in [4.69, 9.17) is 21.3 Å². The molecule has 0 radical (unpaired) electrons. The van der Waals surface area contributed by atoms with E-state index in [1.165, 1.54) is 22.7 Å². The van der Waals surface area contributed by atoms with Crippen molar-refractivity contribution in [3.05, 3.63) is 39.5 Å². The molecule has 5 nitrogen and oxygen atoms in total. The van der Waals surface area contributed by atoms with Crippen LogP contribution in [0.3, 0.4) is 0 Å². The molecule has 0 aliphatic heterocycles. The van der Waals surface area contributed by atoms with Gasteiger partial charge < -0.3 is 9.64 Å². The number of likely N-dealkylation sites (N-methyl/N-ethyl adjacent to an activating group) is 1. The van der Waals surface area contributed by atoms with Gasteiger partial charge in [-0.1, -0.05) is 42.9 Å². The van der Waals surface area contributed by atoms with Crippen LogP contribution in [-0.4, -0.2) is 48.6 Å². The minimum Gasteiger partial charge on any atom is -0.492 e. The first-order chi connectivity index (χ1) is 14.0. The molecule has 3 aromatic rings. The lowest BCUT2D eigenvalue weighted by Gasteiger charge is -2.24. The number of fused-ring (bicyclic) bond motifs is 1. The lowest BCUT2D eigenvalue weighted by Crippen LogP contribution is -2.39. The van der Waals surface area contributed by atoms with Gasteiger partial charge >= 0.3 is 0 Å². The van der Waals surface area contributed by atoms with Crippen molar-refractivity contribution in [2.75, 3.05) is 37.7 Å². The Hall–Kier alpha value is -1.38. The summed E-state index contributed by atoms with van der Waals surface area (Å²) in [4.78, 5) is 23.1. The number of benzene rings is 1. The van der Waals surface area contributed by atoms with Crippen LogP contribution in [0.2, 0.25) is 4.34 Å². The molecule has 0 saturated carbocycles. The molecule has 0 spiro atoms. The molecule has 30 heavy (non-hydrogen) atoms. The van der Waals surface area contributed by atoms with Crippen molar-refractivity contribution in [1.29, 1.82) is 0 Å². The second-order valence-corrected chi connectivity index (χ2v) is 9.30. The van der Waals surface area contributed by atoms with E-state index in [0.717, 1.165) is 40.5 Å². The third-order valence-electron chi connectivity index (χ3n) is 4.69. The van der Waals surface area contributed by atoms with Gasteiger partial charge in [0, 0.05) is 18.0 Å². The minimum absolute atomic E-state index is 0. The summed E-state index contributed by atoms with van der Waals surface area (Å²) in [5, 5.41) is 0.715. The number of ether oxygens (including phenoxy) is 1. The SMILES string of the molecule is CCOc1cccc2sc(N(CCN(CC)CC)C(=O)Cc3ccc(Cl)s3)nc12.Cl. The highest BCUT2D eigenvalue weighted by molar-refractivity contribution is 7.22. The Kier molecular flexibility index (Phi) is 9.84. The number of hydrogen-bond donors (Lipinski definition) is 0. The maximum absolute atomic E-state index is 13.2. The fourth-order valence-corrected chi connectivity index (χ4v) is 5.20. The van der Waals surface area contributed by atoms with Crippen LogP contribution >= 0.6 is 46.7 Å². The molecule has 2 heterocycles. The van der Waals surface area contributed by atoms with Gasteiger partial charge in [0.15, 0.2) is 5.13 Å². The van der Waals surface area contributed by atoms with Crippen LogP contribution in [0.15, 0.2) is 30.3 Å². The molecule has 1 amide bonds. The Labute approximate surface area is 197 Å². The first-order valence-electron chi connectivity index (χ1n) is 9.84. The summed E-state index contributed by atoms with van der Waals surface area (Å²) in [5.41, 5.74) is 0.814. The van der Waals surface area contributed by atoms with Gasteiger partial charge in [-0.25, -0.2) is 4.98 Å². The van der Waals surface area contributed by atoms with E-state index in [1.807, 2.05) is 42.2 Å². The Morgan fingerprint density at radius 1 is 1.10 bits per heavy atom. The first kappa shape index (κ1) is 24.9. The predicted molar refractivity (Wildman–Crippen MR) is 131 cm³/mol. The number of hydrogen-bond acceptors (Lipinski definition) is 6. The average molecular weight is 489 g/mol. The lowest BCUT2D eigenvalue weighted by molar-refractivity contribution is -0.118. The Balaban J connectivity index is 0.00000320. The summed E-state index contributed by atoms with van der Waals surface area (Å²) in [6, 6.07) is 9.65. The molecular weight excluding hydrogens is 461 g/mol. The highest BCUT2D eigenvalue weighted by atomic mass is 35.5. The van der Waals surface area contributed by atoms with Crippen molar-refractivity contribution in [2.45, 2.75) is 27.2 Å². The number of amides is 1. The third kappa shape index (κ3) is 6.08. The molecule has 0 unspecified atom stereocenters. The molecule has 2 aromatic heterocycles. The van der Waals surface area contributed by atoms with Crippen molar-refractivity contribution in [2.24, 2.45) is 0 Å². The Bertz CT molecular complexity index is 957. The topological polar surface area (TPSA) is 45.7 Å². The number of anilines is 1. The van der Waals surface area contributed by atoms with Crippen LogP contribution in [0, 0.1) is 0 Å². The molecule has 9 heteroatoms. The summed E-state index contributed by atoms with van der Waals surface area (Å²) in [6.07, 6.45) is 0.323. The van der Waals surface area contributed by atoms with Gasteiger partial charge in [-0.3, -0.25) is 9.69 Å². The predicted octanol–water partition coefficient (Wildman–Crippen LogP) is 5.75. The molecular formula is C21H27Cl2N3O2S2. The number of nitrogens with zero attached hydrogens (tertiary/aromatic N) is 3. The molecule has 0 bridgehead atoms. The van der Waals surface area contributed by atoms with Crippen molar-refractivity contribution in [3.8, 4) is 5.75 Å². The number of carbonyl (C=O) groups excluding carboxylic acids is 1. The number of para-hydroxylation sites is 1. The van der Waals surface area contributed by atoms with E-state index in [1.54, 1.807) is 0 Å². The van der Waals surface area contributed by atoms with Gasteiger partial charge in [-0.15, -0.1) is 23.7 Å². The smallest absolute Gasteiger partial charge is 0.234 e. The molecule has 3 rings (SSSR count). The fraction of sp³-hybridized carbons (Fsp3) is 0.429. The fourth-order valence-electron chi connectivity index (χ4n) is 3.10. The molecule has 0 N–H and O–H groups in total. The molecule has 0 aliphatic rings. The van der Waals surface area contributed by atoms with Gasteiger partial charge in [-0.05, 0) is 44.3 Å². The molecule has 0 fully saturated rings. The van der Waals surface area contributed by atoms with E-state index < -0.39 is 0 Å². The van der Waals surface area contributed by atoms with Crippen molar-refractivity contribution >= 4 is 67.9 Å². The maximum atomic E-state index is 13.2. The quantitative estimate of drug-likeness (QED) is 0.365. The second-order valence-electron chi connectivity index (χ2n) is 6.49. The summed E-state index contributed by atoms with van der Waals surface area (Å²) < 4.78 is 7.44. The zero-order valence-corrected chi connectivity index (χ0v) is 20.6. The van der Waals surface area contributed by atoms with E-state index in [0.29, 0.717) is 29.0 Å². The monoisotopic (exact) mass is 487 g/mol. The number of aromatic nitrogens is 1. The molecule has 0 aliphatic carbocycles. The van der Waals surface area contributed by atoms with Gasteiger partial charge in [0.05, 0.1) is 22.1 Å². The number of thiophene rings is 1. The highest BCUT2D eigenvalue weighted by Crippen LogP contribution is 2.34. The summed E-state index contributed by atoms with van der Waals surface area (Å²) in [7, 11) is 0. The molecule has 164 valence electrons. The lowest BCUT2D eigenvalue weighted by atomic mass is 10.3. The third-order valence-corrected chi connectivity index (χ3v) is 6.97. The minimum atomic E-state index is 0. The summed E-state index contributed by atoms with van der Waals surface area (Å²) >= 11 is 9.02. The van der Waals surface area contributed by atoms with Crippen molar-refractivity contribution in [1.82, 2.24) is 9.88 Å². The van der Waals surface area contributed by atoms with Crippen LogP contribution in [0.1, 0.15) is 25.6 Å². The molecule has 0 saturated heterocycles. The van der Waals surface area contributed by atoms with E-state index in [2.05, 4.69) is 18.7 Å². The average Bonchev–Trinajstić information content (AvgIpc) is 3.32. The summed E-state index contributed by atoms with van der Waals surface area (Å²) in [5.74, 6) is 0.793. The van der Waals surface area contributed by atoms with E-state index in [9.17, 15) is 4.79 Å². The van der Waals surface area contributed by atoms with Gasteiger partial charge in [-0.2, -0.15) is 0 Å². The van der Waals surface area contributed by atoms with Crippen LogP contribution in [0.25, 0.3) is 10.2 Å². The number of halogens is 2. The number of carbonyl (C=O) groups is 1. The Morgan fingerprint density at radius 2 is 1.87 bits per heavy atom. The number of rotatable bonds is 10. The van der Waals surface area contributed by atoms with Crippen LogP contribution in [0.4, 0.5) is 5.13 Å². The highest BCUT2D eigenvalue weighted by Gasteiger charge is 2.22. The second kappa shape index (κ2) is 11.9. The maximum Gasteiger partial charge on any atom is 0.234 e. The van der Waals surface area contributed by atoms with Gasteiger partial charge in [0.25, 0.3) is 0 Å². The largest absolute Gasteiger partial charge is 0.492 e. The van der Waals surface area contributed by atoms with E-state index >= 15 is 0 Å². The zero-order valence-electron chi connectivity index (χ0n) is 17.4. The zero-order chi connectivity index (χ0) is 20.8. The van der Waals surface area contributed by atoms with Crippen molar-refractivity contribution in [3.63, 3.8) is 0 Å². The molecule has 1 aromatic carbocycles. The molecule has 0 atom stereocenters. The van der Waals surface area contributed by atoms with Crippen LogP contribution < -0.4 is 9.64 Å². The normalized spacial score (nSPS) is 11.0. The van der Waals surface area contributed by atoms with Crippen LogP contribution in [0.5, 0.6) is 5.75 Å². The van der Waals surface area contributed by atoms with Gasteiger partial charge in [0.1, 0.15) is 11.3 Å². The van der Waals surface area contributed by atoms with Crippen molar-refractivity contribution < 1.29 is 9.53 Å². The first-order valence-corrected chi connectivity index (χ1v) is 11.9.